The summed E-state index contributed by atoms with van der Waals surface area (Å²) in [5, 5.41) is 1.05. The second kappa shape index (κ2) is 5.25. The van der Waals surface area contributed by atoms with Crippen molar-refractivity contribution < 1.29 is 13.9 Å². The van der Waals surface area contributed by atoms with E-state index in [0.717, 1.165) is 28.7 Å². The summed E-state index contributed by atoms with van der Waals surface area (Å²) in [5.41, 5.74) is 1.82. The molecule has 2 rings (SSSR count). The van der Waals surface area contributed by atoms with Gasteiger partial charge in [-0.2, -0.15) is 0 Å². The van der Waals surface area contributed by atoms with E-state index in [1.807, 2.05) is 18.2 Å². The number of rotatable bonds is 4. The van der Waals surface area contributed by atoms with Crippen molar-refractivity contribution in [2.24, 2.45) is 5.92 Å². The van der Waals surface area contributed by atoms with Crippen LogP contribution in [0.1, 0.15) is 25.2 Å². The molecular weight excluding hydrogens is 228 g/mol. The molecule has 0 unspecified atom stereocenters. The highest BCUT2D eigenvalue weighted by Gasteiger charge is 2.08. The van der Waals surface area contributed by atoms with Crippen LogP contribution in [-0.4, -0.2) is 13.1 Å². The second-order valence-corrected chi connectivity index (χ2v) is 4.94. The molecule has 0 aliphatic heterocycles. The molecule has 0 aliphatic rings. The molecule has 0 radical (unpaired) electrons. The lowest BCUT2D eigenvalue weighted by Crippen LogP contribution is -2.03. The van der Waals surface area contributed by atoms with Crippen LogP contribution in [0.2, 0.25) is 0 Å². The molecule has 0 aliphatic carbocycles. The van der Waals surface area contributed by atoms with Crippen molar-refractivity contribution in [3.05, 3.63) is 35.6 Å². The molecule has 0 saturated heterocycles. The minimum atomic E-state index is -0.222. The number of methoxy groups -OCH3 is 1. The van der Waals surface area contributed by atoms with E-state index in [1.54, 1.807) is 0 Å². The zero-order valence-electron chi connectivity index (χ0n) is 11.0. The van der Waals surface area contributed by atoms with Gasteiger partial charge in [0.2, 0.25) is 0 Å². The van der Waals surface area contributed by atoms with E-state index in [-0.39, 0.29) is 5.97 Å². The van der Waals surface area contributed by atoms with E-state index >= 15 is 0 Å². The van der Waals surface area contributed by atoms with Gasteiger partial charge in [0.15, 0.2) is 0 Å². The van der Waals surface area contributed by atoms with E-state index in [1.165, 1.54) is 7.11 Å². The average molecular weight is 246 g/mol. The van der Waals surface area contributed by atoms with Gasteiger partial charge >= 0.3 is 5.97 Å². The van der Waals surface area contributed by atoms with Gasteiger partial charge in [0, 0.05) is 11.8 Å². The largest absolute Gasteiger partial charge is 0.469 e. The van der Waals surface area contributed by atoms with Crippen LogP contribution in [0.25, 0.3) is 11.0 Å². The SMILES string of the molecule is COC(=O)Cc1ccc2oc(CC(C)C)cc2c1. The lowest BCUT2D eigenvalue weighted by Gasteiger charge is -1.99. The fraction of sp³-hybridized carbons (Fsp3) is 0.400. The third kappa shape index (κ3) is 2.92. The Morgan fingerprint density at radius 3 is 2.78 bits per heavy atom. The van der Waals surface area contributed by atoms with Gasteiger partial charge in [-0.25, -0.2) is 0 Å². The molecule has 0 saturated carbocycles. The molecule has 0 N–H and O–H groups in total. The number of furan rings is 1. The van der Waals surface area contributed by atoms with E-state index in [9.17, 15) is 4.79 Å². The maximum Gasteiger partial charge on any atom is 0.309 e. The molecule has 0 atom stereocenters. The molecule has 18 heavy (non-hydrogen) atoms. The quantitative estimate of drug-likeness (QED) is 0.777. The Labute approximate surface area is 107 Å². The predicted octanol–water partition coefficient (Wildman–Crippen LogP) is 3.35. The van der Waals surface area contributed by atoms with E-state index < -0.39 is 0 Å². The van der Waals surface area contributed by atoms with E-state index in [4.69, 9.17) is 4.42 Å². The van der Waals surface area contributed by atoms with Gasteiger partial charge in [-0.3, -0.25) is 4.79 Å². The van der Waals surface area contributed by atoms with Gasteiger partial charge in [-0.15, -0.1) is 0 Å². The van der Waals surface area contributed by atoms with Gasteiger partial charge in [-0.05, 0) is 29.7 Å². The Morgan fingerprint density at radius 1 is 1.33 bits per heavy atom. The molecule has 0 spiro atoms. The van der Waals surface area contributed by atoms with Crippen molar-refractivity contribution in [3.63, 3.8) is 0 Å². The predicted molar refractivity (Wildman–Crippen MR) is 70.5 cm³/mol. The Hall–Kier alpha value is -1.77. The first-order valence-electron chi connectivity index (χ1n) is 6.16. The van der Waals surface area contributed by atoms with Crippen LogP contribution >= 0.6 is 0 Å². The molecule has 2 aromatic rings. The van der Waals surface area contributed by atoms with Crippen LogP contribution in [0.4, 0.5) is 0 Å². The number of benzene rings is 1. The summed E-state index contributed by atoms with van der Waals surface area (Å²) in [6.45, 7) is 4.33. The molecule has 1 heterocycles. The molecule has 96 valence electrons. The average Bonchev–Trinajstić information content (AvgIpc) is 2.69. The van der Waals surface area contributed by atoms with Crippen LogP contribution in [0, 0.1) is 5.92 Å². The number of hydrogen-bond acceptors (Lipinski definition) is 3. The summed E-state index contributed by atoms with van der Waals surface area (Å²) in [6, 6.07) is 7.86. The van der Waals surface area contributed by atoms with Crippen molar-refractivity contribution in [3.8, 4) is 0 Å². The van der Waals surface area contributed by atoms with Crippen LogP contribution in [-0.2, 0) is 22.4 Å². The second-order valence-electron chi connectivity index (χ2n) is 4.94. The topological polar surface area (TPSA) is 39.4 Å². The highest BCUT2D eigenvalue weighted by molar-refractivity contribution is 5.81. The van der Waals surface area contributed by atoms with Crippen LogP contribution in [0.15, 0.2) is 28.7 Å². The summed E-state index contributed by atoms with van der Waals surface area (Å²) >= 11 is 0. The first kappa shape index (κ1) is 12.7. The van der Waals surface area contributed by atoms with Crippen molar-refractivity contribution >= 4 is 16.9 Å². The Kier molecular flexibility index (Phi) is 3.70. The number of hydrogen-bond donors (Lipinski definition) is 0. The number of ether oxygens (including phenoxy) is 1. The maximum absolute atomic E-state index is 11.2. The monoisotopic (exact) mass is 246 g/mol. The molecule has 1 aromatic heterocycles. The Balaban J connectivity index is 2.25. The number of fused-ring (bicyclic) bond motifs is 1. The minimum absolute atomic E-state index is 0.222. The third-order valence-electron chi connectivity index (χ3n) is 2.82. The van der Waals surface area contributed by atoms with Gasteiger partial charge < -0.3 is 9.15 Å². The lowest BCUT2D eigenvalue weighted by molar-refractivity contribution is -0.139. The summed E-state index contributed by atoms with van der Waals surface area (Å²) in [6.07, 6.45) is 1.23. The molecule has 0 fully saturated rings. The smallest absolute Gasteiger partial charge is 0.309 e. The summed E-state index contributed by atoms with van der Waals surface area (Å²) < 4.78 is 10.4. The highest BCUT2D eigenvalue weighted by Crippen LogP contribution is 2.23. The maximum atomic E-state index is 11.2. The number of carbonyl (C=O) groups is 1. The minimum Gasteiger partial charge on any atom is -0.469 e. The Morgan fingerprint density at radius 2 is 2.11 bits per heavy atom. The normalized spacial score (nSPS) is 11.1. The van der Waals surface area contributed by atoms with Gasteiger partial charge in [0.05, 0.1) is 13.5 Å². The van der Waals surface area contributed by atoms with Crippen molar-refractivity contribution in [1.82, 2.24) is 0 Å². The molecule has 0 amide bonds. The van der Waals surface area contributed by atoms with Gasteiger partial charge in [-0.1, -0.05) is 19.9 Å². The van der Waals surface area contributed by atoms with Crippen LogP contribution in [0.5, 0.6) is 0 Å². The molecular formula is C15H18O3. The number of carbonyl (C=O) groups excluding carboxylic acids is 1. The first-order valence-corrected chi connectivity index (χ1v) is 6.16. The third-order valence-corrected chi connectivity index (χ3v) is 2.82. The van der Waals surface area contributed by atoms with Gasteiger partial charge in [0.25, 0.3) is 0 Å². The standard InChI is InChI=1S/C15H18O3/c1-10(2)6-13-9-12-7-11(8-15(16)17-3)4-5-14(12)18-13/h4-5,7,9-10H,6,8H2,1-3H3. The van der Waals surface area contributed by atoms with Crippen LogP contribution < -0.4 is 0 Å². The Bertz CT molecular complexity index is 552. The lowest BCUT2D eigenvalue weighted by atomic mass is 10.1. The highest BCUT2D eigenvalue weighted by atomic mass is 16.5. The number of esters is 1. The molecule has 3 nitrogen and oxygen atoms in total. The summed E-state index contributed by atoms with van der Waals surface area (Å²) in [7, 11) is 1.40. The summed E-state index contributed by atoms with van der Waals surface area (Å²) in [4.78, 5) is 11.2. The fourth-order valence-electron chi connectivity index (χ4n) is 2.00. The van der Waals surface area contributed by atoms with Crippen molar-refractivity contribution in [2.45, 2.75) is 26.7 Å². The molecule has 3 heteroatoms. The van der Waals surface area contributed by atoms with E-state index in [0.29, 0.717) is 12.3 Å². The van der Waals surface area contributed by atoms with Crippen molar-refractivity contribution in [1.29, 1.82) is 0 Å². The zero-order valence-corrected chi connectivity index (χ0v) is 11.0. The molecule has 0 bridgehead atoms. The van der Waals surface area contributed by atoms with Crippen molar-refractivity contribution in [2.75, 3.05) is 7.11 Å². The van der Waals surface area contributed by atoms with Crippen LogP contribution in [0.3, 0.4) is 0 Å². The summed E-state index contributed by atoms with van der Waals surface area (Å²) in [5.74, 6) is 1.34. The fourth-order valence-corrected chi connectivity index (χ4v) is 2.00. The van der Waals surface area contributed by atoms with E-state index in [2.05, 4.69) is 24.7 Å². The zero-order chi connectivity index (χ0) is 13.1. The first-order chi connectivity index (χ1) is 8.58. The molecule has 1 aromatic carbocycles. The van der Waals surface area contributed by atoms with Gasteiger partial charge in [0.1, 0.15) is 11.3 Å².